The van der Waals surface area contributed by atoms with Gasteiger partial charge < -0.3 is 24.4 Å². The molecule has 0 unspecified atom stereocenters. The monoisotopic (exact) mass is 394 g/mol. The SMILES string of the molecule is COc1ccc(CN2C[C@H]3COC[C@@H]2CN(CC(=O)O)C3)cc1OCC(=O)O. The molecule has 2 N–H and O–H groups in total. The number of methoxy groups -OCH3 is 1. The first-order chi connectivity index (χ1) is 13.4. The summed E-state index contributed by atoms with van der Waals surface area (Å²) in [6.07, 6.45) is 0. The first kappa shape index (κ1) is 20.4. The van der Waals surface area contributed by atoms with Crippen molar-refractivity contribution in [3.63, 3.8) is 0 Å². The van der Waals surface area contributed by atoms with Crippen molar-refractivity contribution in [1.29, 1.82) is 0 Å². The highest BCUT2D eigenvalue weighted by Gasteiger charge is 2.33. The van der Waals surface area contributed by atoms with Gasteiger partial charge in [-0.1, -0.05) is 6.07 Å². The largest absolute Gasteiger partial charge is 0.493 e. The van der Waals surface area contributed by atoms with Crippen molar-refractivity contribution >= 4 is 11.9 Å². The maximum Gasteiger partial charge on any atom is 0.341 e. The van der Waals surface area contributed by atoms with Crippen LogP contribution in [0, 0.1) is 5.92 Å². The Morgan fingerprint density at radius 3 is 2.68 bits per heavy atom. The van der Waals surface area contributed by atoms with Gasteiger partial charge in [0.15, 0.2) is 18.1 Å². The molecule has 0 spiro atoms. The maximum atomic E-state index is 11.1. The van der Waals surface area contributed by atoms with E-state index in [1.165, 1.54) is 7.11 Å². The van der Waals surface area contributed by atoms with Gasteiger partial charge in [-0.2, -0.15) is 0 Å². The van der Waals surface area contributed by atoms with Crippen LogP contribution in [0.2, 0.25) is 0 Å². The minimum atomic E-state index is -1.05. The summed E-state index contributed by atoms with van der Waals surface area (Å²) in [4.78, 5) is 26.2. The highest BCUT2D eigenvalue weighted by Crippen LogP contribution is 2.30. The zero-order valence-electron chi connectivity index (χ0n) is 15.9. The van der Waals surface area contributed by atoms with Crippen LogP contribution in [0.25, 0.3) is 0 Å². The predicted molar refractivity (Wildman–Crippen MR) is 98.7 cm³/mol. The number of hydrogen-bond donors (Lipinski definition) is 2. The van der Waals surface area contributed by atoms with E-state index in [0.717, 1.165) is 12.1 Å². The van der Waals surface area contributed by atoms with E-state index >= 15 is 0 Å². The lowest BCUT2D eigenvalue weighted by molar-refractivity contribution is -0.140. The molecule has 2 atom stereocenters. The van der Waals surface area contributed by atoms with Crippen molar-refractivity contribution in [2.45, 2.75) is 12.6 Å². The number of hydrogen-bond acceptors (Lipinski definition) is 7. The van der Waals surface area contributed by atoms with Crippen molar-refractivity contribution in [3.8, 4) is 11.5 Å². The van der Waals surface area contributed by atoms with E-state index in [1.54, 1.807) is 12.1 Å². The number of carbonyl (C=O) groups is 2. The topological polar surface area (TPSA) is 109 Å². The standard InChI is InChI=1S/C19H26N2O7/c1-26-16-3-2-13(4-17(16)28-12-19(24)25)6-21-7-14-5-20(9-18(22)23)8-15(21)11-27-10-14/h2-4,14-15H,5-12H2,1H3,(H,22,23)(H,24,25)/t14-,15-/m0/s1. The second kappa shape index (κ2) is 9.22. The Labute approximate surface area is 163 Å². The van der Waals surface area contributed by atoms with Crippen LogP contribution < -0.4 is 9.47 Å². The molecule has 0 aliphatic carbocycles. The summed E-state index contributed by atoms with van der Waals surface area (Å²) >= 11 is 0. The Balaban J connectivity index is 1.74. The molecule has 0 aromatic heterocycles. The zero-order chi connectivity index (χ0) is 20.1. The normalized spacial score (nSPS) is 23.0. The molecular weight excluding hydrogens is 368 g/mol. The minimum Gasteiger partial charge on any atom is -0.493 e. The van der Waals surface area contributed by atoms with Gasteiger partial charge in [0.25, 0.3) is 0 Å². The van der Waals surface area contributed by atoms with Crippen LogP contribution in [-0.4, -0.2) is 91.1 Å². The molecule has 2 saturated heterocycles. The van der Waals surface area contributed by atoms with Gasteiger partial charge in [0.05, 0.1) is 26.9 Å². The van der Waals surface area contributed by atoms with Crippen LogP contribution in [0.4, 0.5) is 0 Å². The predicted octanol–water partition coefficient (Wildman–Crippen LogP) is 0.376. The number of nitrogens with zero attached hydrogens (tertiary/aromatic N) is 2. The van der Waals surface area contributed by atoms with E-state index in [0.29, 0.717) is 44.3 Å². The van der Waals surface area contributed by atoms with Gasteiger partial charge in [-0.25, -0.2) is 4.79 Å². The number of carboxylic acid groups (broad SMARTS) is 2. The third kappa shape index (κ3) is 5.34. The summed E-state index contributed by atoms with van der Waals surface area (Å²) < 4.78 is 16.4. The number of ether oxygens (including phenoxy) is 3. The van der Waals surface area contributed by atoms with Gasteiger partial charge in [-0.15, -0.1) is 0 Å². The molecule has 3 rings (SSSR count). The van der Waals surface area contributed by atoms with Gasteiger partial charge >= 0.3 is 11.9 Å². The van der Waals surface area contributed by atoms with Crippen molar-refractivity contribution < 1.29 is 34.0 Å². The lowest BCUT2D eigenvalue weighted by Gasteiger charge is -2.30. The van der Waals surface area contributed by atoms with Crippen LogP contribution in [0.15, 0.2) is 18.2 Å². The molecule has 9 nitrogen and oxygen atoms in total. The molecule has 2 aliphatic rings. The molecule has 154 valence electrons. The summed E-state index contributed by atoms with van der Waals surface area (Å²) in [5.74, 6) is -0.750. The van der Waals surface area contributed by atoms with Gasteiger partial charge in [0.2, 0.25) is 0 Å². The highest BCUT2D eigenvalue weighted by atomic mass is 16.5. The van der Waals surface area contributed by atoms with E-state index in [9.17, 15) is 9.59 Å². The lowest BCUT2D eigenvalue weighted by Crippen LogP contribution is -2.44. The third-order valence-corrected chi connectivity index (χ3v) is 4.98. The average molecular weight is 394 g/mol. The van der Waals surface area contributed by atoms with Gasteiger partial charge in [-0.05, 0) is 17.7 Å². The zero-order valence-corrected chi connectivity index (χ0v) is 15.9. The Morgan fingerprint density at radius 2 is 1.96 bits per heavy atom. The van der Waals surface area contributed by atoms with Gasteiger partial charge in [0, 0.05) is 38.1 Å². The molecule has 0 amide bonds. The number of fused-ring (bicyclic) bond motifs is 3. The van der Waals surface area contributed by atoms with E-state index < -0.39 is 18.5 Å². The summed E-state index contributed by atoms with van der Waals surface area (Å²) in [6, 6.07) is 5.59. The number of carboxylic acids is 2. The van der Waals surface area contributed by atoms with Crippen LogP contribution in [-0.2, 0) is 20.9 Å². The Bertz CT molecular complexity index is 712. The molecule has 2 bridgehead atoms. The lowest BCUT2D eigenvalue weighted by atomic mass is 10.1. The molecule has 2 aliphatic heterocycles. The van der Waals surface area contributed by atoms with E-state index in [-0.39, 0.29) is 18.5 Å². The molecule has 9 heteroatoms. The average Bonchev–Trinajstić information content (AvgIpc) is 2.89. The quantitative estimate of drug-likeness (QED) is 0.646. The maximum absolute atomic E-state index is 11.1. The Hall–Kier alpha value is -2.36. The second-order valence-corrected chi connectivity index (χ2v) is 7.24. The summed E-state index contributed by atoms with van der Waals surface area (Å²) in [6.45, 7) is 3.58. The van der Waals surface area contributed by atoms with E-state index in [4.69, 9.17) is 24.4 Å². The third-order valence-electron chi connectivity index (χ3n) is 4.98. The first-order valence-corrected chi connectivity index (χ1v) is 9.22. The fraction of sp³-hybridized carbons (Fsp3) is 0.579. The molecule has 1 aromatic carbocycles. The fourth-order valence-electron chi connectivity index (χ4n) is 3.85. The molecule has 0 saturated carbocycles. The summed E-state index contributed by atoms with van der Waals surface area (Å²) in [5, 5.41) is 18.0. The van der Waals surface area contributed by atoms with Crippen molar-refractivity contribution in [2.24, 2.45) is 5.92 Å². The first-order valence-electron chi connectivity index (χ1n) is 9.22. The van der Waals surface area contributed by atoms with Crippen LogP contribution in [0.5, 0.6) is 11.5 Å². The van der Waals surface area contributed by atoms with E-state index in [1.807, 2.05) is 11.0 Å². The number of rotatable bonds is 8. The second-order valence-electron chi connectivity index (χ2n) is 7.24. The van der Waals surface area contributed by atoms with Crippen molar-refractivity contribution in [1.82, 2.24) is 9.80 Å². The van der Waals surface area contributed by atoms with E-state index in [2.05, 4.69) is 4.90 Å². The van der Waals surface area contributed by atoms with Gasteiger partial charge in [-0.3, -0.25) is 14.6 Å². The number of benzene rings is 1. The molecule has 2 heterocycles. The Kier molecular flexibility index (Phi) is 6.71. The summed E-state index contributed by atoms with van der Waals surface area (Å²) in [5.41, 5.74) is 0.971. The molecule has 2 fully saturated rings. The van der Waals surface area contributed by atoms with Crippen LogP contribution in [0.3, 0.4) is 0 Å². The smallest absolute Gasteiger partial charge is 0.341 e. The highest BCUT2D eigenvalue weighted by molar-refractivity contribution is 5.69. The summed E-state index contributed by atoms with van der Waals surface area (Å²) in [7, 11) is 1.51. The fourth-order valence-corrected chi connectivity index (χ4v) is 3.85. The van der Waals surface area contributed by atoms with Crippen molar-refractivity contribution in [2.75, 3.05) is 53.1 Å². The van der Waals surface area contributed by atoms with Crippen LogP contribution in [0.1, 0.15) is 5.56 Å². The molecule has 1 aromatic rings. The Morgan fingerprint density at radius 1 is 1.14 bits per heavy atom. The molecular formula is C19H26N2O7. The molecule has 0 radical (unpaired) electrons. The minimum absolute atomic E-state index is 0.0382. The van der Waals surface area contributed by atoms with Crippen molar-refractivity contribution in [3.05, 3.63) is 23.8 Å². The van der Waals surface area contributed by atoms with Gasteiger partial charge in [0.1, 0.15) is 0 Å². The van der Waals surface area contributed by atoms with Crippen LogP contribution >= 0.6 is 0 Å². The molecule has 28 heavy (non-hydrogen) atoms. The number of aliphatic carboxylic acids is 2.